The zero-order valence-corrected chi connectivity index (χ0v) is 10.2. The molecule has 0 heterocycles. The van der Waals surface area contributed by atoms with Crippen molar-refractivity contribution in [1.82, 2.24) is 5.32 Å². The lowest BCUT2D eigenvalue weighted by Gasteiger charge is -2.22. The fourth-order valence-electron chi connectivity index (χ4n) is 0.643. The van der Waals surface area contributed by atoms with Crippen LogP contribution in [0.25, 0.3) is 0 Å². The van der Waals surface area contributed by atoms with Gasteiger partial charge in [0.25, 0.3) is 0 Å². The third-order valence-corrected chi connectivity index (χ3v) is 4.43. The molecule has 1 unspecified atom stereocenters. The standard InChI is InChI=1S/C9H16N2O3S/c1-7(5-10)8(12)11-6-9(2,3)15(4,13)14/h7H,6H2,1-4H3,(H,11,12). The first kappa shape index (κ1) is 13.9. The molecule has 0 rings (SSSR count). The van der Waals surface area contributed by atoms with E-state index >= 15 is 0 Å². The maximum atomic E-state index is 11.3. The number of nitrogens with one attached hydrogen (secondary N) is 1. The monoisotopic (exact) mass is 232 g/mol. The van der Waals surface area contributed by atoms with E-state index in [2.05, 4.69) is 5.32 Å². The van der Waals surface area contributed by atoms with E-state index in [-0.39, 0.29) is 6.54 Å². The van der Waals surface area contributed by atoms with Crippen LogP contribution in [0.5, 0.6) is 0 Å². The summed E-state index contributed by atoms with van der Waals surface area (Å²) in [6, 6.07) is 1.78. The summed E-state index contributed by atoms with van der Waals surface area (Å²) in [7, 11) is -3.23. The van der Waals surface area contributed by atoms with Gasteiger partial charge in [-0.05, 0) is 20.8 Å². The Labute approximate surface area is 90.4 Å². The molecule has 0 aliphatic heterocycles. The van der Waals surface area contributed by atoms with Crippen LogP contribution < -0.4 is 5.32 Å². The van der Waals surface area contributed by atoms with Crippen LogP contribution in [0.3, 0.4) is 0 Å². The topological polar surface area (TPSA) is 87.0 Å². The van der Waals surface area contributed by atoms with Crippen molar-refractivity contribution in [3.05, 3.63) is 0 Å². The highest BCUT2D eigenvalue weighted by Crippen LogP contribution is 2.13. The smallest absolute Gasteiger partial charge is 0.237 e. The molecule has 86 valence electrons. The minimum atomic E-state index is -3.23. The van der Waals surface area contributed by atoms with Crippen LogP contribution in [0.15, 0.2) is 0 Å². The summed E-state index contributed by atoms with van der Waals surface area (Å²) >= 11 is 0. The molecule has 1 atom stereocenters. The van der Waals surface area contributed by atoms with Crippen molar-refractivity contribution in [3.63, 3.8) is 0 Å². The van der Waals surface area contributed by atoms with E-state index in [1.54, 1.807) is 6.07 Å². The second-order valence-corrected chi connectivity index (χ2v) is 6.75. The van der Waals surface area contributed by atoms with Crippen LogP contribution in [0, 0.1) is 17.2 Å². The quantitative estimate of drug-likeness (QED) is 0.744. The van der Waals surface area contributed by atoms with Crippen molar-refractivity contribution in [2.45, 2.75) is 25.5 Å². The minimum absolute atomic E-state index is 0.0106. The van der Waals surface area contributed by atoms with Crippen LogP contribution in [-0.2, 0) is 14.6 Å². The van der Waals surface area contributed by atoms with E-state index in [0.717, 1.165) is 6.26 Å². The molecule has 0 aromatic carbocycles. The van der Waals surface area contributed by atoms with Crippen molar-refractivity contribution in [3.8, 4) is 6.07 Å². The molecular formula is C9H16N2O3S. The minimum Gasteiger partial charge on any atom is -0.353 e. The van der Waals surface area contributed by atoms with Gasteiger partial charge >= 0.3 is 0 Å². The second kappa shape index (κ2) is 4.62. The van der Waals surface area contributed by atoms with Gasteiger partial charge in [0.15, 0.2) is 9.84 Å². The largest absolute Gasteiger partial charge is 0.353 e. The number of nitriles is 1. The van der Waals surface area contributed by atoms with E-state index in [1.807, 2.05) is 0 Å². The van der Waals surface area contributed by atoms with Crippen LogP contribution in [0.2, 0.25) is 0 Å². The van der Waals surface area contributed by atoms with Crippen molar-refractivity contribution in [2.24, 2.45) is 5.92 Å². The lowest BCUT2D eigenvalue weighted by molar-refractivity contribution is -0.123. The predicted molar refractivity (Wildman–Crippen MR) is 56.7 cm³/mol. The molecule has 0 aliphatic rings. The van der Waals surface area contributed by atoms with E-state index in [0.29, 0.717) is 0 Å². The number of rotatable bonds is 4. The molecule has 0 saturated carbocycles. The second-order valence-electron chi connectivity index (χ2n) is 4.10. The third-order valence-electron chi connectivity index (χ3n) is 2.28. The Hall–Kier alpha value is -1.09. The lowest BCUT2D eigenvalue weighted by Crippen LogP contribution is -2.44. The Bertz CT molecular complexity index is 379. The molecule has 0 saturated heterocycles. The molecule has 0 aliphatic carbocycles. The van der Waals surface area contributed by atoms with E-state index < -0.39 is 26.4 Å². The zero-order chi connectivity index (χ0) is 12.3. The van der Waals surface area contributed by atoms with Crippen molar-refractivity contribution >= 4 is 15.7 Å². The fourth-order valence-corrected chi connectivity index (χ4v) is 0.977. The number of hydrogen-bond donors (Lipinski definition) is 1. The summed E-state index contributed by atoms with van der Waals surface area (Å²) < 4.78 is 21.6. The molecule has 1 amide bonds. The summed E-state index contributed by atoms with van der Waals surface area (Å²) in [6.45, 7) is 4.53. The SMILES string of the molecule is CC(C#N)C(=O)NCC(C)(C)S(C)(=O)=O. The summed E-state index contributed by atoms with van der Waals surface area (Å²) in [6.07, 6.45) is 1.12. The van der Waals surface area contributed by atoms with Crippen molar-refractivity contribution < 1.29 is 13.2 Å². The molecule has 15 heavy (non-hydrogen) atoms. The highest BCUT2D eigenvalue weighted by atomic mass is 32.2. The van der Waals surface area contributed by atoms with Gasteiger partial charge in [-0.1, -0.05) is 0 Å². The predicted octanol–water partition coefficient (Wildman–Crippen LogP) is 0.0855. The average Bonchev–Trinajstić information content (AvgIpc) is 2.11. The molecule has 1 N–H and O–H groups in total. The molecule has 0 aromatic heterocycles. The molecule has 0 radical (unpaired) electrons. The first-order valence-corrected chi connectivity index (χ1v) is 6.38. The molecular weight excluding hydrogens is 216 g/mol. The third kappa shape index (κ3) is 3.88. The number of hydrogen-bond acceptors (Lipinski definition) is 4. The fraction of sp³-hybridized carbons (Fsp3) is 0.778. The average molecular weight is 232 g/mol. The highest BCUT2D eigenvalue weighted by molar-refractivity contribution is 7.92. The Morgan fingerprint density at radius 3 is 2.33 bits per heavy atom. The number of nitrogens with zero attached hydrogens (tertiary/aromatic N) is 1. The molecule has 0 aromatic rings. The molecule has 6 heteroatoms. The van der Waals surface area contributed by atoms with Gasteiger partial charge < -0.3 is 5.32 Å². The summed E-state index contributed by atoms with van der Waals surface area (Å²) in [4.78, 5) is 11.2. The number of amides is 1. The summed E-state index contributed by atoms with van der Waals surface area (Å²) in [5, 5.41) is 10.9. The summed E-state index contributed by atoms with van der Waals surface area (Å²) in [5.41, 5.74) is 0. The van der Waals surface area contributed by atoms with Crippen LogP contribution >= 0.6 is 0 Å². The van der Waals surface area contributed by atoms with Gasteiger partial charge in [0.05, 0.1) is 10.8 Å². The molecule has 0 spiro atoms. The van der Waals surface area contributed by atoms with Crippen molar-refractivity contribution in [2.75, 3.05) is 12.8 Å². The van der Waals surface area contributed by atoms with Gasteiger partial charge in [0, 0.05) is 12.8 Å². The highest BCUT2D eigenvalue weighted by Gasteiger charge is 2.30. The van der Waals surface area contributed by atoms with Gasteiger partial charge in [-0.2, -0.15) is 5.26 Å². The van der Waals surface area contributed by atoms with E-state index in [1.165, 1.54) is 20.8 Å². The molecule has 0 bridgehead atoms. The Kier molecular flexibility index (Phi) is 4.28. The summed E-state index contributed by atoms with van der Waals surface area (Å²) in [5.74, 6) is -1.21. The van der Waals surface area contributed by atoms with Crippen LogP contribution in [-0.4, -0.2) is 31.9 Å². The first-order chi connectivity index (χ1) is 6.62. The normalized spacial score (nSPS) is 14.1. The van der Waals surface area contributed by atoms with Gasteiger partial charge in [0.2, 0.25) is 5.91 Å². The lowest BCUT2D eigenvalue weighted by atomic mass is 10.1. The van der Waals surface area contributed by atoms with Gasteiger partial charge in [-0.25, -0.2) is 8.42 Å². The Balaban J connectivity index is 4.43. The van der Waals surface area contributed by atoms with Gasteiger partial charge in [-0.3, -0.25) is 4.79 Å². The zero-order valence-electron chi connectivity index (χ0n) is 9.36. The van der Waals surface area contributed by atoms with Crippen molar-refractivity contribution in [1.29, 1.82) is 5.26 Å². The number of carbonyl (C=O) groups excluding carboxylic acids is 1. The molecule has 5 nitrogen and oxygen atoms in total. The number of carbonyl (C=O) groups is 1. The van der Waals surface area contributed by atoms with E-state index in [4.69, 9.17) is 5.26 Å². The maximum absolute atomic E-state index is 11.3. The van der Waals surface area contributed by atoms with Gasteiger partial charge in [-0.15, -0.1) is 0 Å². The maximum Gasteiger partial charge on any atom is 0.237 e. The first-order valence-electron chi connectivity index (χ1n) is 4.49. The van der Waals surface area contributed by atoms with Crippen LogP contribution in [0.1, 0.15) is 20.8 Å². The van der Waals surface area contributed by atoms with E-state index in [9.17, 15) is 13.2 Å². The number of sulfone groups is 1. The Morgan fingerprint density at radius 1 is 1.53 bits per heavy atom. The Morgan fingerprint density at radius 2 is 2.00 bits per heavy atom. The molecule has 0 fully saturated rings. The van der Waals surface area contributed by atoms with Crippen LogP contribution in [0.4, 0.5) is 0 Å². The van der Waals surface area contributed by atoms with Gasteiger partial charge in [0.1, 0.15) is 5.92 Å².